The van der Waals surface area contributed by atoms with Gasteiger partial charge in [0, 0.05) is 43.6 Å². The zero-order valence-electron chi connectivity index (χ0n) is 36.7. The van der Waals surface area contributed by atoms with Gasteiger partial charge in [-0.2, -0.15) is 0 Å². The molecule has 0 radical (unpaired) electrons. The minimum absolute atomic E-state index is 0.137. The highest BCUT2D eigenvalue weighted by molar-refractivity contribution is 6.07. The van der Waals surface area contributed by atoms with Gasteiger partial charge in [0.05, 0.1) is 49.6 Å². The number of nitrogens with zero attached hydrogens (tertiary/aromatic N) is 4. The number of ether oxygens (including phenoxy) is 3. The molecule has 0 spiro atoms. The molecule has 3 N–H and O–H groups in total. The lowest BCUT2D eigenvalue weighted by molar-refractivity contribution is -0.135. The summed E-state index contributed by atoms with van der Waals surface area (Å²) in [5.74, 6) is 0.374. The molecule has 5 atom stereocenters. The molecular formula is C50H53N7O7. The fraction of sp³-hybridized carbons (Fsp3) is 0.360. The van der Waals surface area contributed by atoms with E-state index in [4.69, 9.17) is 24.2 Å². The van der Waals surface area contributed by atoms with Gasteiger partial charge in [0.25, 0.3) is 5.91 Å². The number of aliphatic imine (C=N–C) groups is 1. The average molecular weight is 864 g/mol. The molecule has 64 heavy (non-hydrogen) atoms. The summed E-state index contributed by atoms with van der Waals surface area (Å²) in [7, 11) is 4.26. The van der Waals surface area contributed by atoms with Crippen molar-refractivity contribution in [2.24, 2.45) is 16.8 Å². The maximum Gasteiger partial charge on any atom is 0.407 e. The highest BCUT2D eigenvalue weighted by atomic mass is 16.5. The fourth-order valence-electron chi connectivity index (χ4n) is 9.89. The SMILES string of the molecule is COC[C@H]1C[C@@H](C2=Nc3ccc4cc(-c5ccc6c(ccc7[nH]c([C@@H]8CCCN8C(=O)[C@H](NC(=O)OC)c8ccccc8)nc76)c5)ccc4c3C2)N(C(=O)[C@@H](NC(=O)OC)C(C)C)C1. The van der Waals surface area contributed by atoms with Crippen LogP contribution in [-0.4, -0.2) is 103 Å². The Balaban J connectivity index is 0.951. The van der Waals surface area contributed by atoms with Crippen LogP contribution in [-0.2, 0) is 30.2 Å². The molecule has 2 saturated heterocycles. The number of aromatic amines is 1. The van der Waals surface area contributed by atoms with Crippen molar-refractivity contribution in [2.75, 3.05) is 41.0 Å². The van der Waals surface area contributed by atoms with Crippen molar-refractivity contribution in [1.29, 1.82) is 0 Å². The molecule has 4 heterocycles. The number of fused-ring (bicyclic) bond motifs is 6. The number of imidazole rings is 1. The van der Waals surface area contributed by atoms with Crippen LogP contribution in [0.4, 0.5) is 15.3 Å². The number of hydrogen-bond acceptors (Lipinski definition) is 9. The number of hydrogen-bond donors (Lipinski definition) is 3. The topological polar surface area (TPSA) is 168 Å². The monoisotopic (exact) mass is 863 g/mol. The number of amides is 4. The summed E-state index contributed by atoms with van der Waals surface area (Å²) < 4.78 is 15.2. The van der Waals surface area contributed by atoms with Crippen molar-refractivity contribution in [2.45, 2.75) is 63.7 Å². The number of nitrogens with one attached hydrogen (secondary N) is 3. The lowest BCUT2D eigenvalue weighted by Crippen LogP contribution is -2.53. The third-order valence-electron chi connectivity index (χ3n) is 13.1. The van der Waals surface area contributed by atoms with Gasteiger partial charge in [0.1, 0.15) is 17.9 Å². The number of H-pyrrole nitrogens is 1. The Labute approximate surface area is 371 Å². The molecule has 3 aliphatic rings. The Bertz CT molecular complexity index is 2800. The van der Waals surface area contributed by atoms with Gasteiger partial charge in [-0.25, -0.2) is 14.6 Å². The number of benzene rings is 5. The molecule has 14 nitrogen and oxygen atoms in total. The van der Waals surface area contributed by atoms with E-state index in [1.807, 2.05) is 60.0 Å². The third-order valence-corrected chi connectivity index (χ3v) is 13.1. The second kappa shape index (κ2) is 17.8. The van der Waals surface area contributed by atoms with Crippen LogP contribution in [0.2, 0.25) is 0 Å². The van der Waals surface area contributed by atoms with Gasteiger partial charge >= 0.3 is 12.2 Å². The summed E-state index contributed by atoms with van der Waals surface area (Å²) in [4.78, 5) is 70.2. The molecule has 5 aromatic carbocycles. The summed E-state index contributed by atoms with van der Waals surface area (Å²) in [6.07, 6.45) is 1.61. The van der Waals surface area contributed by atoms with E-state index in [2.05, 4.69) is 70.2 Å². The molecular weight excluding hydrogens is 811 g/mol. The molecule has 6 aromatic rings. The molecule has 2 fully saturated rings. The Morgan fingerprint density at radius 1 is 0.797 bits per heavy atom. The van der Waals surface area contributed by atoms with E-state index in [9.17, 15) is 19.2 Å². The molecule has 3 aliphatic heterocycles. The average Bonchev–Trinajstić information content (AvgIpc) is 4.15. The van der Waals surface area contributed by atoms with Gasteiger partial charge in [0.15, 0.2) is 0 Å². The van der Waals surface area contributed by atoms with Crippen LogP contribution in [0.3, 0.4) is 0 Å². The van der Waals surface area contributed by atoms with Gasteiger partial charge in [0.2, 0.25) is 5.91 Å². The predicted molar refractivity (Wildman–Crippen MR) is 245 cm³/mol. The van der Waals surface area contributed by atoms with E-state index in [0.29, 0.717) is 37.5 Å². The minimum atomic E-state index is -0.893. The quantitative estimate of drug-likeness (QED) is 0.117. The maximum atomic E-state index is 14.1. The fourth-order valence-corrected chi connectivity index (χ4v) is 9.89. The van der Waals surface area contributed by atoms with Gasteiger partial charge in [-0.3, -0.25) is 14.6 Å². The van der Waals surface area contributed by atoms with Gasteiger partial charge in [-0.05, 0) is 87.9 Å². The first-order valence-corrected chi connectivity index (χ1v) is 21.9. The molecule has 0 unspecified atom stereocenters. The number of alkyl carbamates (subject to hydrolysis) is 2. The van der Waals surface area contributed by atoms with Crippen LogP contribution >= 0.6 is 0 Å². The van der Waals surface area contributed by atoms with Gasteiger partial charge in [-0.15, -0.1) is 0 Å². The second-order valence-electron chi connectivity index (χ2n) is 17.4. The van der Waals surface area contributed by atoms with Crippen LogP contribution in [0.15, 0.2) is 96.0 Å². The van der Waals surface area contributed by atoms with E-state index in [-0.39, 0.29) is 35.7 Å². The highest BCUT2D eigenvalue weighted by Crippen LogP contribution is 2.40. The van der Waals surface area contributed by atoms with Crippen molar-refractivity contribution in [3.63, 3.8) is 0 Å². The second-order valence-corrected chi connectivity index (χ2v) is 17.4. The number of rotatable bonds is 11. The van der Waals surface area contributed by atoms with E-state index < -0.39 is 24.3 Å². The van der Waals surface area contributed by atoms with Crippen molar-refractivity contribution in [3.8, 4) is 11.1 Å². The van der Waals surface area contributed by atoms with Crippen LogP contribution in [0.5, 0.6) is 0 Å². The van der Waals surface area contributed by atoms with Crippen molar-refractivity contribution >= 4 is 68.0 Å². The molecule has 0 aliphatic carbocycles. The summed E-state index contributed by atoms with van der Waals surface area (Å²) in [6, 6.07) is 28.4. The first-order valence-electron chi connectivity index (χ1n) is 21.9. The van der Waals surface area contributed by atoms with Crippen molar-refractivity contribution < 1.29 is 33.4 Å². The Kier molecular flexibility index (Phi) is 11.8. The molecule has 9 rings (SSSR count). The van der Waals surface area contributed by atoms with E-state index in [1.54, 1.807) is 7.11 Å². The van der Waals surface area contributed by atoms with E-state index >= 15 is 0 Å². The summed E-state index contributed by atoms with van der Waals surface area (Å²) in [6.45, 7) is 5.43. The number of carbonyl (C=O) groups is 4. The predicted octanol–water partition coefficient (Wildman–Crippen LogP) is 8.17. The molecule has 4 amide bonds. The van der Waals surface area contributed by atoms with Crippen LogP contribution in [0.25, 0.3) is 43.7 Å². The molecule has 0 bridgehead atoms. The van der Waals surface area contributed by atoms with E-state index in [0.717, 1.165) is 79.9 Å². The number of carbonyl (C=O) groups excluding carboxylic acids is 4. The van der Waals surface area contributed by atoms with E-state index in [1.165, 1.54) is 14.2 Å². The first-order chi connectivity index (χ1) is 31.0. The molecule has 14 heteroatoms. The third kappa shape index (κ3) is 8.02. The Morgan fingerprint density at radius 2 is 1.50 bits per heavy atom. The Hall–Kier alpha value is -6.80. The van der Waals surface area contributed by atoms with Crippen molar-refractivity contribution in [3.05, 3.63) is 108 Å². The first kappa shape index (κ1) is 42.5. The van der Waals surface area contributed by atoms with Crippen LogP contribution in [0.1, 0.15) is 62.1 Å². The van der Waals surface area contributed by atoms with Crippen LogP contribution < -0.4 is 10.6 Å². The van der Waals surface area contributed by atoms with Crippen molar-refractivity contribution in [1.82, 2.24) is 30.4 Å². The largest absolute Gasteiger partial charge is 0.453 e. The van der Waals surface area contributed by atoms with Gasteiger partial charge in [-0.1, -0.05) is 80.6 Å². The summed E-state index contributed by atoms with van der Waals surface area (Å²) >= 11 is 0. The minimum Gasteiger partial charge on any atom is -0.453 e. The smallest absolute Gasteiger partial charge is 0.407 e. The summed E-state index contributed by atoms with van der Waals surface area (Å²) in [5, 5.41) is 9.77. The number of methoxy groups -OCH3 is 3. The lowest BCUT2D eigenvalue weighted by Gasteiger charge is -2.31. The highest BCUT2D eigenvalue weighted by Gasteiger charge is 2.43. The van der Waals surface area contributed by atoms with Gasteiger partial charge < -0.3 is 39.6 Å². The zero-order valence-corrected chi connectivity index (χ0v) is 36.7. The maximum absolute atomic E-state index is 14.1. The zero-order chi connectivity index (χ0) is 44.6. The summed E-state index contributed by atoms with van der Waals surface area (Å²) in [5.41, 5.74) is 7.56. The molecule has 330 valence electrons. The van der Waals surface area contributed by atoms with Crippen LogP contribution in [0, 0.1) is 11.8 Å². The lowest BCUT2D eigenvalue weighted by atomic mass is 9.94. The molecule has 0 saturated carbocycles. The molecule has 1 aromatic heterocycles. The number of aromatic nitrogens is 2. The number of likely N-dealkylation sites (tertiary alicyclic amines) is 2. The standard InChI is InChI=1S/C50H53N7O7/c1-28(2)43(54-49(60)63-4)47(58)57-26-29(27-62-3)22-42(57)40-25-37-35-17-13-31(23-33(35)15-19-38(37)51-40)32-14-18-36-34(24-32)16-20-39-45(36)53-46(52-39)41-12-9-21-56(41)48(59)44(55-50(61)64-5)30-10-7-6-8-11-30/h6-8,10-11,13-20,23-24,28-29,41-44H,9,12,21-22,25-27H2,1-5H3,(H,52,53)(H,54,60)(H,55,61)/t29-,41-,42-,43-,44+/m0/s1. The Morgan fingerprint density at radius 3 is 2.22 bits per heavy atom. The normalized spacial score (nSPS) is 19.2.